The predicted octanol–water partition coefficient (Wildman–Crippen LogP) is 1.18. The second-order valence-corrected chi connectivity index (χ2v) is 4.00. The average Bonchev–Trinajstić information content (AvgIpc) is 2.28. The summed E-state index contributed by atoms with van der Waals surface area (Å²) in [7, 11) is 0. The van der Waals surface area contributed by atoms with Crippen LogP contribution in [0.2, 0.25) is 0 Å². The van der Waals surface area contributed by atoms with Crippen molar-refractivity contribution in [3.8, 4) is 0 Å². The summed E-state index contributed by atoms with van der Waals surface area (Å²) in [6, 6.07) is 9.06. The fourth-order valence-electron chi connectivity index (χ4n) is 1.54. The minimum absolute atomic E-state index is 0.144. The maximum absolute atomic E-state index is 10.9. The molecule has 0 radical (unpaired) electrons. The zero-order chi connectivity index (χ0) is 13.4. The molecule has 0 saturated heterocycles. The first-order chi connectivity index (χ1) is 8.58. The van der Waals surface area contributed by atoms with Crippen LogP contribution in [0, 0.1) is 0 Å². The Hall–Kier alpha value is -1.88. The fourth-order valence-corrected chi connectivity index (χ4v) is 1.54. The van der Waals surface area contributed by atoms with Crippen molar-refractivity contribution in [1.29, 1.82) is 0 Å². The summed E-state index contributed by atoms with van der Waals surface area (Å²) in [4.78, 5) is 21.5. The van der Waals surface area contributed by atoms with Crippen LogP contribution in [0.3, 0.4) is 0 Å². The number of carbonyl (C=O) groups excluding carboxylic acids is 1. The van der Waals surface area contributed by atoms with E-state index in [0.29, 0.717) is 6.61 Å². The highest BCUT2D eigenvalue weighted by atomic mass is 16.5. The molecule has 1 amide bonds. The summed E-state index contributed by atoms with van der Waals surface area (Å²) in [6.45, 7) is 1.93. The molecule has 5 heteroatoms. The zero-order valence-corrected chi connectivity index (χ0v) is 10.3. The summed E-state index contributed by atoms with van der Waals surface area (Å²) in [6.07, 6.45) is -0.144. The quantitative estimate of drug-likeness (QED) is 0.763. The molecule has 1 aromatic rings. The highest BCUT2D eigenvalue weighted by Gasteiger charge is 2.14. The van der Waals surface area contributed by atoms with Crippen molar-refractivity contribution in [2.24, 2.45) is 0 Å². The topological polar surface area (TPSA) is 75.6 Å². The van der Waals surface area contributed by atoms with Gasteiger partial charge in [-0.25, -0.2) is 0 Å². The molecule has 2 N–H and O–H groups in total. The number of amides is 1. The molecule has 0 aromatic heterocycles. The van der Waals surface area contributed by atoms with E-state index in [-0.39, 0.29) is 18.9 Å². The number of benzene rings is 1. The van der Waals surface area contributed by atoms with Gasteiger partial charge < -0.3 is 15.2 Å². The van der Waals surface area contributed by atoms with Crippen molar-refractivity contribution in [3.63, 3.8) is 0 Å². The van der Waals surface area contributed by atoms with Gasteiger partial charge in [0.25, 0.3) is 0 Å². The smallest absolute Gasteiger partial charge is 0.305 e. The van der Waals surface area contributed by atoms with Crippen molar-refractivity contribution in [2.45, 2.75) is 26.0 Å². The molecule has 0 spiro atoms. The number of nitrogens with one attached hydrogen (secondary N) is 1. The van der Waals surface area contributed by atoms with Crippen molar-refractivity contribution < 1.29 is 19.4 Å². The SMILES string of the molecule is CC(=O)N[C@@H](COCc1ccccc1)CC(=O)O. The van der Waals surface area contributed by atoms with Gasteiger partial charge in [0, 0.05) is 6.92 Å². The fraction of sp³-hybridized carbons (Fsp3) is 0.385. The zero-order valence-electron chi connectivity index (χ0n) is 10.3. The second-order valence-electron chi connectivity index (χ2n) is 4.00. The molecule has 0 bridgehead atoms. The maximum Gasteiger partial charge on any atom is 0.305 e. The molecule has 98 valence electrons. The predicted molar refractivity (Wildman–Crippen MR) is 66.0 cm³/mol. The van der Waals surface area contributed by atoms with Gasteiger partial charge >= 0.3 is 5.97 Å². The van der Waals surface area contributed by atoms with Gasteiger partial charge in [-0.15, -0.1) is 0 Å². The van der Waals surface area contributed by atoms with E-state index in [1.807, 2.05) is 30.3 Å². The number of carboxylic acids is 1. The van der Waals surface area contributed by atoms with Crippen molar-refractivity contribution in [2.75, 3.05) is 6.61 Å². The van der Waals surface area contributed by atoms with Gasteiger partial charge in [0.05, 0.1) is 25.7 Å². The number of ether oxygens (including phenoxy) is 1. The summed E-state index contributed by atoms with van der Waals surface area (Å²) in [5.74, 6) is -1.22. The van der Waals surface area contributed by atoms with Crippen LogP contribution in [0.1, 0.15) is 18.9 Å². The molecule has 0 fully saturated rings. The standard InChI is InChI=1S/C13H17NO4/c1-10(15)14-12(7-13(16)17)9-18-8-11-5-3-2-4-6-11/h2-6,12H,7-9H2,1H3,(H,14,15)(H,16,17)/t12-/m1/s1. The van der Waals surface area contributed by atoms with Crippen LogP contribution in [0.25, 0.3) is 0 Å². The molecule has 1 atom stereocenters. The van der Waals surface area contributed by atoms with Gasteiger partial charge in [-0.3, -0.25) is 9.59 Å². The van der Waals surface area contributed by atoms with Crippen LogP contribution >= 0.6 is 0 Å². The summed E-state index contributed by atoms with van der Waals surface area (Å²) >= 11 is 0. The Labute approximate surface area is 106 Å². The summed E-state index contributed by atoms with van der Waals surface area (Å²) < 4.78 is 5.41. The number of rotatable bonds is 7. The Morgan fingerprint density at radius 1 is 1.33 bits per heavy atom. The molecule has 0 heterocycles. The third kappa shape index (κ3) is 6.00. The molecule has 0 aliphatic rings. The van der Waals surface area contributed by atoms with Gasteiger partial charge in [-0.05, 0) is 5.56 Å². The first-order valence-electron chi connectivity index (χ1n) is 5.68. The Morgan fingerprint density at radius 3 is 2.56 bits per heavy atom. The lowest BCUT2D eigenvalue weighted by atomic mass is 10.2. The van der Waals surface area contributed by atoms with Crippen LogP contribution < -0.4 is 5.32 Å². The highest BCUT2D eigenvalue weighted by molar-refractivity contribution is 5.74. The van der Waals surface area contributed by atoms with E-state index in [4.69, 9.17) is 9.84 Å². The van der Waals surface area contributed by atoms with Crippen LogP contribution in [0.4, 0.5) is 0 Å². The van der Waals surface area contributed by atoms with Crippen molar-refractivity contribution in [3.05, 3.63) is 35.9 Å². The number of aliphatic carboxylic acids is 1. The first kappa shape index (κ1) is 14.2. The van der Waals surface area contributed by atoms with Gasteiger partial charge in [0.1, 0.15) is 0 Å². The molecule has 0 unspecified atom stereocenters. The number of carboxylic acid groups (broad SMARTS) is 1. The van der Waals surface area contributed by atoms with E-state index in [1.165, 1.54) is 6.92 Å². The Balaban J connectivity index is 2.37. The molecule has 1 rings (SSSR count). The number of carbonyl (C=O) groups is 2. The Bertz CT molecular complexity index is 375. The van der Waals surface area contributed by atoms with E-state index in [0.717, 1.165) is 5.56 Å². The van der Waals surface area contributed by atoms with E-state index >= 15 is 0 Å². The van der Waals surface area contributed by atoms with Gasteiger partial charge in [-0.2, -0.15) is 0 Å². The third-order valence-corrected chi connectivity index (χ3v) is 2.26. The lowest BCUT2D eigenvalue weighted by molar-refractivity contribution is -0.138. The molecule has 0 saturated carbocycles. The molecule has 0 aliphatic carbocycles. The number of hydrogen-bond acceptors (Lipinski definition) is 3. The minimum Gasteiger partial charge on any atom is -0.481 e. The monoisotopic (exact) mass is 251 g/mol. The van der Waals surface area contributed by atoms with Crippen LogP contribution in [-0.2, 0) is 20.9 Å². The Kier molecular flexibility index (Phi) is 5.87. The molecule has 5 nitrogen and oxygen atoms in total. The number of hydrogen-bond donors (Lipinski definition) is 2. The van der Waals surface area contributed by atoms with E-state index in [9.17, 15) is 9.59 Å². The van der Waals surface area contributed by atoms with E-state index < -0.39 is 12.0 Å². The molecular weight excluding hydrogens is 234 g/mol. The summed E-state index contributed by atoms with van der Waals surface area (Å²) in [5, 5.41) is 11.3. The van der Waals surface area contributed by atoms with Gasteiger partial charge in [0.2, 0.25) is 5.91 Å². The molecule has 1 aromatic carbocycles. The maximum atomic E-state index is 10.9. The van der Waals surface area contributed by atoms with Crippen molar-refractivity contribution in [1.82, 2.24) is 5.32 Å². The van der Waals surface area contributed by atoms with Crippen LogP contribution in [0.15, 0.2) is 30.3 Å². The highest BCUT2D eigenvalue weighted by Crippen LogP contribution is 2.02. The lowest BCUT2D eigenvalue weighted by Crippen LogP contribution is -2.38. The second kappa shape index (κ2) is 7.45. The average molecular weight is 251 g/mol. The lowest BCUT2D eigenvalue weighted by Gasteiger charge is -2.16. The first-order valence-corrected chi connectivity index (χ1v) is 5.68. The Morgan fingerprint density at radius 2 is 2.00 bits per heavy atom. The molecular formula is C13H17NO4. The van der Waals surface area contributed by atoms with Crippen LogP contribution in [0.5, 0.6) is 0 Å². The van der Waals surface area contributed by atoms with E-state index in [2.05, 4.69) is 5.32 Å². The molecule has 18 heavy (non-hydrogen) atoms. The normalized spacial score (nSPS) is 11.8. The molecule has 0 aliphatic heterocycles. The van der Waals surface area contributed by atoms with Gasteiger partial charge in [-0.1, -0.05) is 30.3 Å². The van der Waals surface area contributed by atoms with E-state index in [1.54, 1.807) is 0 Å². The third-order valence-electron chi connectivity index (χ3n) is 2.26. The summed E-state index contributed by atoms with van der Waals surface area (Å²) in [5.41, 5.74) is 1.01. The largest absolute Gasteiger partial charge is 0.481 e. The van der Waals surface area contributed by atoms with Crippen molar-refractivity contribution >= 4 is 11.9 Å². The van der Waals surface area contributed by atoms with Gasteiger partial charge in [0.15, 0.2) is 0 Å². The minimum atomic E-state index is -0.961. The van der Waals surface area contributed by atoms with Crippen LogP contribution in [-0.4, -0.2) is 29.6 Å².